The summed E-state index contributed by atoms with van der Waals surface area (Å²) in [5, 5.41) is 7.33. The Balaban J connectivity index is 1.74. The van der Waals surface area contributed by atoms with Gasteiger partial charge >= 0.3 is 12.7 Å². The van der Waals surface area contributed by atoms with Gasteiger partial charge in [-0.3, -0.25) is 23.9 Å². The zero-order valence-corrected chi connectivity index (χ0v) is 20.3. The summed E-state index contributed by atoms with van der Waals surface area (Å²) in [5.74, 6) is -4.81. The molecule has 2 aliphatic heterocycles. The Bertz CT molecular complexity index is 1080. The number of amides is 3. The van der Waals surface area contributed by atoms with Gasteiger partial charge in [-0.1, -0.05) is 13.8 Å². The molecular formula is C23H26F5N3O7. The quantitative estimate of drug-likeness (QED) is 0.360. The number of fused-ring (bicyclic) bond motifs is 1. The molecule has 0 radical (unpaired) electrons. The van der Waals surface area contributed by atoms with Crippen molar-refractivity contribution in [3.8, 4) is 11.5 Å². The van der Waals surface area contributed by atoms with E-state index >= 15 is 0 Å². The monoisotopic (exact) mass is 551 g/mol. The Labute approximate surface area is 213 Å². The number of hydrogen-bond donors (Lipinski definition) is 3. The predicted octanol–water partition coefficient (Wildman–Crippen LogP) is 2.27. The zero-order valence-electron chi connectivity index (χ0n) is 20.3. The normalized spacial score (nSPS) is 19.6. The molecule has 1 fully saturated rings. The molecule has 2 heterocycles. The number of carbonyl (C=O) groups is 4. The summed E-state index contributed by atoms with van der Waals surface area (Å²) in [4.78, 5) is 50.4. The first-order valence-electron chi connectivity index (χ1n) is 11.7. The van der Waals surface area contributed by atoms with Crippen molar-refractivity contribution in [2.45, 2.75) is 57.9 Å². The zero-order chi connectivity index (χ0) is 28.3. The van der Waals surface area contributed by atoms with Crippen LogP contribution in [0.4, 0.5) is 22.0 Å². The molecule has 3 atom stereocenters. The van der Waals surface area contributed by atoms with Gasteiger partial charge in [0.1, 0.15) is 12.6 Å². The summed E-state index contributed by atoms with van der Waals surface area (Å²) >= 11 is 0. The second-order valence-corrected chi connectivity index (χ2v) is 9.26. The van der Waals surface area contributed by atoms with Gasteiger partial charge in [0.05, 0.1) is 6.04 Å². The number of halogens is 5. The van der Waals surface area contributed by atoms with E-state index in [1.165, 1.54) is 6.07 Å². The molecule has 3 rings (SSSR count). The molecular weight excluding hydrogens is 525 g/mol. The van der Waals surface area contributed by atoms with Gasteiger partial charge in [0.25, 0.3) is 5.91 Å². The van der Waals surface area contributed by atoms with E-state index in [4.69, 9.17) is 0 Å². The maximum atomic E-state index is 13.3. The molecule has 210 valence electrons. The minimum atomic E-state index is -5.09. The lowest BCUT2D eigenvalue weighted by Gasteiger charge is -2.25. The van der Waals surface area contributed by atoms with Gasteiger partial charge in [0.15, 0.2) is 17.3 Å². The summed E-state index contributed by atoms with van der Waals surface area (Å²) in [6.45, 7) is 2.40. The molecule has 0 bridgehead atoms. The average Bonchev–Trinajstić information content (AvgIpc) is 3.35. The minimum Gasteiger partial charge on any atom is -0.395 e. The molecule has 0 aliphatic carbocycles. The van der Waals surface area contributed by atoms with Crippen LogP contribution in [0, 0.1) is 11.8 Å². The van der Waals surface area contributed by atoms with Crippen LogP contribution in [0.1, 0.15) is 43.5 Å². The first kappa shape index (κ1) is 29.1. The number of Topliss-reactive ketones (excluding diaryl/α,β-unsaturated/α-hetero) is 1. The number of rotatable bonds is 11. The van der Waals surface area contributed by atoms with Crippen molar-refractivity contribution in [2.75, 3.05) is 13.2 Å². The molecule has 1 aromatic rings. The lowest BCUT2D eigenvalue weighted by molar-refractivity contribution is -0.321. The number of ketones is 1. The fourth-order valence-electron chi connectivity index (χ4n) is 3.99. The molecule has 2 aliphatic rings. The van der Waals surface area contributed by atoms with Crippen LogP contribution < -0.4 is 25.4 Å². The number of nitrogens with one attached hydrogen (secondary N) is 3. The Morgan fingerprint density at radius 3 is 2.42 bits per heavy atom. The van der Waals surface area contributed by atoms with E-state index in [-0.39, 0.29) is 30.1 Å². The van der Waals surface area contributed by atoms with Crippen LogP contribution in [0.5, 0.6) is 11.5 Å². The van der Waals surface area contributed by atoms with Crippen molar-refractivity contribution in [3.05, 3.63) is 23.8 Å². The molecule has 15 heteroatoms. The molecule has 2 unspecified atom stereocenters. The van der Waals surface area contributed by atoms with Crippen LogP contribution >= 0.6 is 0 Å². The molecule has 1 aromatic carbocycles. The molecule has 38 heavy (non-hydrogen) atoms. The number of benzene rings is 1. The Morgan fingerprint density at radius 1 is 1.13 bits per heavy atom. The number of carbonyl (C=O) groups excluding carboxylic acids is 4. The molecule has 1 saturated heterocycles. The lowest BCUT2D eigenvalue weighted by Crippen LogP contribution is -2.53. The highest BCUT2D eigenvalue weighted by Gasteiger charge is 2.43. The third-order valence-electron chi connectivity index (χ3n) is 5.76. The van der Waals surface area contributed by atoms with Gasteiger partial charge in [-0.2, -0.15) is 0 Å². The van der Waals surface area contributed by atoms with Crippen LogP contribution in [0.2, 0.25) is 0 Å². The van der Waals surface area contributed by atoms with Crippen LogP contribution in [-0.2, 0) is 19.1 Å². The molecule has 0 aromatic heterocycles. The molecule has 0 spiro atoms. The third-order valence-corrected chi connectivity index (χ3v) is 5.76. The van der Waals surface area contributed by atoms with E-state index in [9.17, 15) is 41.1 Å². The Kier molecular flexibility index (Phi) is 8.79. The topological polar surface area (TPSA) is 132 Å². The maximum absolute atomic E-state index is 13.3. The Morgan fingerprint density at radius 2 is 1.82 bits per heavy atom. The van der Waals surface area contributed by atoms with E-state index in [1.807, 2.05) is 0 Å². The van der Waals surface area contributed by atoms with Crippen molar-refractivity contribution in [2.24, 2.45) is 11.8 Å². The highest BCUT2D eigenvalue weighted by molar-refractivity contribution is 5.99. The number of alkyl halides is 5. The van der Waals surface area contributed by atoms with E-state index in [0.717, 1.165) is 12.1 Å². The van der Waals surface area contributed by atoms with E-state index in [0.29, 0.717) is 13.0 Å². The van der Waals surface area contributed by atoms with Crippen molar-refractivity contribution in [1.29, 1.82) is 0 Å². The first-order valence-corrected chi connectivity index (χ1v) is 11.7. The van der Waals surface area contributed by atoms with Gasteiger partial charge in [-0.25, -0.2) is 0 Å². The predicted molar refractivity (Wildman–Crippen MR) is 118 cm³/mol. The second-order valence-electron chi connectivity index (χ2n) is 9.26. The summed E-state index contributed by atoms with van der Waals surface area (Å²) in [6.07, 6.45) is -8.88. The van der Waals surface area contributed by atoms with Gasteiger partial charge in [0, 0.05) is 18.0 Å². The summed E-state index contributed by atoms with van der Waals surface area (Å²) in [6, 6.07) is 0.492. The van der Waals surface area contributed by atoms with Gasteiger partial charge in [-0.05, 0) is 43.4 Å². The lowest BCUT2D eigenvalue weighted by atomic mass is 9.95. The Hall–Kier alpha value is -3.49. The minimum absolute atomic E-state index is 0.0596. The van der Waals surface area contributed by atoms with Crippen LogP contribution in [0.3, 0.4) is 0 Å². The number of hydrogen-bond acceptors (Lipinski definition) is 7. The van der Waals surface area contributed by atoms with Crippen LogP contribution in [0.15, 0.2) is 18.2 Å². The summed E-state index contributed by atoms with van der Waals surface area (Å²) in [7, 11) is 0. The smallest absolute Gasteiger partial charge is 0.395 e. The molecule has 3 N–H and O–H groups in total. The van der Waals surface area contributed by atoms with Crippen LogP contribution in [-0.4, -0.2) is 61.4 Å². The third kappa shape index (κ3) is 8.00. The summed E-state index contributed by atoms with van der Waals surface area (Å²) in [5.41, 5.74) is -0.138. The van der Waals surface area contributed by atoms with E-state index in [1.54, 1.807) is 13.8 Å². The van der Waals surface area contributed by atoms with Crippen molar-refractivity contribution in [3.63, 3.8) is 0 Å². The second kappa shape index (κ2) is 11.5. The first-order chi connectivity index (χ1) is 17.6. The maximum Gasteiger partial charge on any atom is 0.586 e. The number of ether oxygens (including phenoxy) is 3. The van der Waals surface area contributed by atoms with E-state index < -0.39 is 66.5 Å². The van der Waals surface area contributed by atoms with Gasteiger partial charge in [-0.15, -0.1) is 22.0 Å². The fraction of sp³-hybridized carbons (Fsp3) is 0.565. The summed E-state index contributed by atoms with van der Waals surface area (Å²) < 4.78 is 76.2. The molecule has 0 saturated carbocycles. The highest BCUT2D eigenvalue weighted by Crippen LogP contribution is 2.41. The van der Waals surface area contributed by atoms with E-state index in [2.05, 4.69) is 30.2 Å². The average molecular weight is 551 g/mol. The van der Waals surface area contributed by atoms with Crippen molar-refractivity contribution >= 4 is 23.5 Å². The van der Waals surface area contributed by atoms with Gasteiger partial charge in [0.2, 0.25) is 11.8 Å². The van der Waals surface area contributed by atoms with Gasteiger partial charge < -0.3 is 25.4 Å². The SMILES string of the molecule is CC(C)CC(NC(=O)c1ccc2c(c1)OC(F)(F)O2)C(=O)NC(C[C@@H]1CCNC1=O)C(=O)COC(F)(F)F. The van der Waals surface area contributed by atoms with Crippen LogP contribution in [0.25, 0.3) is 0 Å². The van der Waals surface area contributed by atoms with Crippen molar-refractivity contribution < 1.29 is 55.3 Å². The largest absolute Gasteiger partial charge is 0.586 e. The standard InChI is InChI=1S/C23H26F5N3O7/c1-11(2)7-15(31-20(34)12-3-4-17-18(9-12)38-23(27,28)37-17)21(35)30-14(8-13-5-6-29-19(13)33)16(32)10-36-22(24,25)26/h3-4,9,11,13-15H,5-8,10H2,1-2H3,(H,29,33)(H,30,35)(H,31,34)/t13-,14?,15?/m0/s1. The molecule has 3 amide bonds. The van der Waals surface area contributed by atoms with Crippen molar-refractivity contribution in [1.82, 2.24) is 16.0 Å². The highest BCUT2D eigenvalue weighted by atomic mass is 19.4. The fourth-order valence-corrected chi connectivity index (χ4v) is 3.99. The molecule has 10 nitrogen and oxygen atoms in total.